The number of nitrogens with one attached hydrogen (secondary N) is 2. The van der Waals surface area contributed by atoms with Gasteiger partial charge in [-0.1, -0.05) is 28.1 Å². The fourth-order valence-electron chi connectivity index (χ4n) is 4.63. The lowest BCUT2D eigenvalue weighted by Gasteiger charge is -2.42. The standard InChI is InChI=1S/C29H33BrN4O4/c1-4-33(23-9-6-8-20(3)18-23)17-7-16-31-27(35)29(37)25-19-21(30)10-15-26(25)32-28(36)34(29)22-11-13-24(14-12-22)38-5-2/h6,8-15,18-19,37H,4-5,7,16-17H2,1-3H3,(H,31,35)(H,32,36). The maximum Gasteiger partial charge on any atom is 0.329 e. The number of urea groups is 1. The summed E-state index contributed by atoms with van der Waals surface area (Å²) in [5.41, 5.74) is 1.04. The zero-order valence-electron chi connectivity index (χ0n) is 21.8. The van der Waals surface area contributed by atoms with Gasteiger partial charge in [-0.05, 0) is 87.4 Å². The molecule has 0 aromatic heterocycles. The molecule has 1 aliphatic rings. The van der Waals surface area contributed by atoms with Crippen LogP contribution in [0.15, 0.2) is 71.2 Å². The number of aliphatic hydroxyl groups is 1. The summed E-state index contributed by atoms with van der Waals surface area (Å²) in [6.07, 6.45) is 0.657. The minimum absolute atomic E-state index is 0.271. The zero-order chi connectivity index (χ0) is 27.3. The summed E-state index contributed by atoms with van der Waals surface area (Å²) < 4.78 is 6.18. The molecule has 0 spiro atoms. The van der Waals surface area contributed by atoms with Crippen molar-refractivity contribution in [2.75, 3.05) is 41.4 Å². The number of amides is 3. The molecule has 1 unspecified atom stereocenters. The third-order valence-corrected chi connectivity index (χ3v) is 6.98. The van der Waals surface area contributed by atoms with Crippen LogP contribution in [0.25, 0.3) is 0 Å². The molecule has 8 nitrogen and oxygen atoms in total. The van der Waals surface area contributed by atoms with E-state index in [4.69, 9.17) is 4.74 Å². The van der Waals surface area contributed by atoms with E-state index in [1.807, 2.05) is 13.0 Å². The summed E-state index contributed by atoms with van der Waals surface area (Å²) >= 11 is 3.43. The second-order valence-electron chi connectivity index (χ2n) is 9.08. The topological polar surface area (TPSA) is 94.1 Å². The van der Waals surface area contributed by atoms with Crippen LogP contribution in [0.1, 0.15) is 31.4 Å². The summed E-state index contributed by atoms with van der Waals surface area (Å²) in [5.74, 6) is -0.0573. The minimum Gasteiger partial charge on any atom is -0.494 e. The van der Waals surface area contributed by atoms with Gasteiger partial charge in [-0.15, -0.1) is 0 Å². The second kappa shape index (κ2) is 11.9. The van der Waals surface area contributed by atoms with E-state index in [-0.39, 0.29) is 5.56 Å². The summed E-state index contributed by atoms with van der Waals surface area (Å²) in [5, 5.41) is 17.7. The number of hydrogen-bond donors (Lipinski definition) is 3. The van der Waals surface area contributed by atoms with Crippen molar-refractivity contribution >= 4 is 44.9 Å². The Morgan fingerprint density at radius 2 is 1.89 bits per heavy atom. The fraction of sp³-hybridized carbons (Fsp3) is 0.310. The van der Waals surface area contributed by atoms with Crippen LogP contribution in [0.2, 0.25) is 0 Å². The third-order valence-electron chi connectivity index (χ3n) is 6.49. The number of anilines is 3. The zero-order valence-corrected chi connectivity index (χ0v) is 23.4. The van der Waals surface area contributed by atoms with Crippen LogP contribution < -0.4 is 25.2 Å². The van der Waals surface area contributed by atoms with E-state index in [1.165, 1.54) is 5.56 Å². The first kappa shape index (κ1) is 27.5. The molecule has 0 radical (unpaired) electrons. The number of hydrogen-bond acceptors (Lipinski definition) is 5. The average molecular weight is 582 g/mol. The Balaban J connectivity index is 1.57. The van der Waals surface area contributed by atoms with Crippen LogP contribution in [0, 0.1) is 6.92 Å². The number of ether oxygens (including phenoxy) is 1. The Morgan fingerprint density at radius 1 is 1.13 bits per heavy atom. The second-order valence-corrected chi connectivity index (χ2v) is 10.00. The molecule has 1 atom stereocenters. The van der Waals surface area contributed by atoms with Gasteiger partial charge >= 0.3 is 6.03 Å². The van der Waals surface area contributed by atoms with Crippen LogP contribution in [-0.4, -0.2) is 43.3 Å². The van der Waals surface area contributed by atoms with E-state index in [0.29, 0.717) is 41.2 Å². The van der Waals surface area contributed by atoms with Crippen molar-refractivity contribution in [2.45, 2.75) is 32.9 Å². The maximum absolute atomic E-state index is 13.7. The summed E-state index contributed by atoms with van der Waals surface area (Å²) in [4.78, 5) is 30.2. The van der Waals surface area contributed by atoms with Gasteiger partial charge < -0.3 is 25.4 Å². The van der Waals surface area contributed by atoms with Gasteiger partial charge in [0.05, 0.1) is 12.3 Å². The lowest BCUT2D eigenvalue weighted by Crippen LogP contribution is -2.62. The van der Waals surface area contributed by atoms with Crippen LogP contribution in [0.5, 0.6) is 5.75 Å². The van der Waals surface area contributed by atoms with Crippen molar-refractivity contribution in [2.24, 2.45) is 0 Å². The molecule has 0 bridgehead atoms. The minimum atomic E-state index is -2.27. The third kappa shape index (κ3) is 5.63. The van der Waals surface area contributed by atoms with Crippen LogP contribution in [-0.2, 0) is 10.5 Å². The molecule has 0 fully saturated rings. The van der Waals surface area contributed by atoms with Gasteiger partial charge in [0.2, 0.25) is 0 Å². The van der Waals surface area contributed by atoms with Gasteiger partial charge in [0.1, 0.15) is 5.75 Å². The number of fused-ring (bicyclic) bond motifs is 1. The number of nitrogens with zero attached hydrogens (tertiary/aromatic N) is 2. The van der Waals surface area contributed by atoms with E-state index < -0.39 is 17.7 Å². The molecule has 0 aliphatic carbocycles. The molecule has 1 heterocycles. The van der Waals surface area contributed by atoms with Gasteiger partial charge in [0.25, 0.3) is 11.6 Å². The van der Waals surface area contributed by atoms with E-state index in [1.54, 1.807) is 42.5 Å². The Bertz CT molecular complexity index is 1300. The van der Waals surface area contributed by atoms with Crippen LogP contribution >= 0.6 is 15.9 Å². The average Bonchev–Trinajstić information content (AvgIpc) is 2.90. The number of rotatable bonds is 10. The number of benzene rings is 3. The quantitative estimate of drug-likeness (QED) is 0.280. The Hall–Kier alpha value is -3.56. The summed E-state index contributed by atoms with van der Waals surface area (Å²) in [7, 11) is 0. The van der Waals surface area contributed by atoms with Crippen molar-refractivity contribution in [1.82, 2.24) is 5.32 Å². The highest BCUT2D eigenvalue weighted by molar-refractivity contribution is 9.10. The maximum atomic E-state index is 13.7. The Labute approximate surface area is 231 Å². The smallest absolute Gasteiger partial charge is 0.329 e. The van der Waals surface area contributed by atoms with Gasteiger partial charge in [-0.3, -0.25) is 9.69 Å². The fourth-order valence-corrected chi connectivity index (χ4v) is 4.99. The normalized spacial score (nSPS) is 16.4. The number of aryl methyl sites for hydroxylation is 1. The van der Waals surface area contributed by atoms with E-state index in [2.05, 4.69) is 63.5 Å². The lowest BCUT2D eigenvalue weighted by molar-refractivity contribution is -0.140. The van der Waals surface area contributed by atoms with Crippen molar-refractivity contribution < 1.29 is 19.4 Å². The van der Waals surface area contributed by atoms with Crippen molar-refractivity contribution in [3.8, 4) is 5.75 Å². The highest BCUT2D eigenvalue weighted by Gasteiger charge is 2.52. The van der Waals surface area contributed by atoms with Crippen LogP contribution in [0.4, 0.5) is 21.9 Å². The molecule has 3 aromatic carbocycles. The monoisotopic (exact) mass is 580 g/mol. The molecule has 0 saturated heterocycles. The molecule has 3 N–H and O–H groups in total. The Kier molecular flexibility index (Phi) is 8.58. The first-order valence-corrected chi connectivity index (χ1v) is 13.5. The highest BCUT2D eigenvalue weighted by Crippen LogP contribution is 2.41. The first-order chi connectivity index (χ1) is 18.3. The van der Waals surface area contributed by atoms with Crippen LogP contribution in [0.3, 0.4) is 0 Å². The molecule has 3 aromatic rings. The largest absolute Gasteiger partial charge is 0.494 e. The predicted molar refractivity (Wildman–Crippen MR) is 154 cm³/mol. The van der Waals surface area contributed by atoms with Crippen molar-refractivity contribution in [1.29, 1.82) is 0 Å². The van der Waals surface area contributed by atoms with Gasteiger partial charge in [0, 0.05) is 41.0 Å². The number of halogens is 1. The number of carbonyl (C=O) groups excluding carboxylic acids is 2. The van der Waals surface area contributed by atoms with E-state index in [0.717, 1.165) is 23.7 Å². The highest BCUT2D eigenvalue weighted by atomic mass is 79.9. The summed E-state index contributed by atoms with van der Waals surface area (Å²) in [6.45, 7) is 8.41. The van der Waals surface area contributed by atoms with Crippen molar-refractivity contribution in [3.63, 3.8) is 0 Å². The van der Waals surface area contributed by atoms with Gasteiger partial charge in [-0.25, -0.2) is 4.79 Å². The first-order valence-electron chi connectivity index (χ1n) is 12.7. The van der Waals surface area contributed by atoms with E-state index >= 15 is 0 Å². The predicted octanol–water partition coefficient (Wildman–Crippen LogP) is 5.39. The number of carbonyl (C=O) groups is 2. The molecule has 0 saturated carbocycles. The molecule has 3 amide bonds. The molecular weight excluding hydrogens is 548 g/mol. The SMILES string of the molecule is CCOc1ccc(N2C(=O)Nc3ccc(Br)cc3C2(O)C(=O)NCCCN(CC)c2cccc(C)c2)cc1. The lowest BCUT2D eigenvalue weighted by atomic mass is 9.94. The molecule has 9 heteroatoms. The molecule has 38 heavy (non-hydrogen) atoms. The van der Waals surface area contributed by atoms with Gasteiger partial charge in [-0.2, -0.15) is 0 Å². The molecular formula is C29H33BrN4O4. The van der Waals surface area contributed by atoms with E-state index in [9.17, 15) is 14.7 Å². The summed E-state index contributed by atoms with van der Waals surface area (Å²) in [6, 6.07) is 19.4. The van der Waals surface area contributed by atoms with Gasteiger partial charge in [0.15, 0.2) is 0 Å². The van der Waals surface area contributed by atoms with Crippen molar-refractivity contribution in [3.05, 3.63) is 82.3 Å². The molecule has 4 rings (SSSR count). The molecule has 200 valence electrons. The molecule has 1 aliphatic heterocycles. The Morgan fingerprint density at radius 3 is 2.58 bits per heavy atom.